The molecule has 1 saturated carbocycles. The molecule has 0 bridgehead atoms. The molecule has 0 aromatic heterocycles. The van der Waals surface area contributed by atoms with Crippen LogP contribution >= 0.6 is 0 Å². The van der Waals surface area contributed by atoms with Crippen molar-refractivity contribution in [2.75, 3.05) is 6.61 Å². The average molecular weight is 242 g/mol. The van der Waals surface area contributed by atoms with Crippen molar-refractivity contribution >= 4 is 0 Å². The lowest BCUT2D eigenvalue weighted by atomic mass is 9.72. The summed E-state index contributed by atoms with van der Waals surface area (Å²) in [5.41, 5.74) is 2.85. The van der Waals surface area contributed by atoms with Gasteiger partial charge in [0.05, 0.1) is 12.2 Å². The Bertz CT molecular complexity index is 426. The van der Waals surface area contributed by atoms with Crippen LogP contribution in [0, 0.1) is 5.92 Å². The Labute approximate surface area is 110 Å². The average Bonchev–Trinajstić information content (AvgIpc) is 2.70. The second-order valence-electron chi connectivity index (χ2n) is 5.92. The number of ether oxygens (including phenoxy) is 1. The van der Waals surface area contributed by atoms with Crippen LogP contribution in [0.4, 0.5) is 0 Å². The first kappa shape index (κ1) is 12.0. The van der Waals surface area contributed by atoms with Crippen molar-refractivity contribution < 1.29 is 4.74 Å². The summed E-state index contributed by atoms with van der Waals surface area (Å²) in [4.78, 5) is 0. The molecule has 18 heavy (non-hydrogen) atoms. The zero-order chi connectivity index (χ0) is 12.6. The SMILES string of the molecule is C=C1C(C)COC12CCC(c1ccccc1)CC2. The summed E-state index contributed by atoms with van der Waals surface area (Å²) >= 11 is 0. The molecule has 1 aromatic rings. The van der Waals surface area contributed by atoms with E-state index < -0.39 is 0 Å². The van der Waals surface area contributed by atoms with Gasteiger partial charge in [-0.3, -0.25) is 0 Å². The lowest BCUT2D eigenvalue weighted by molar-refractivity contribution is -0.00982. The van der Waals surface area contributed by atoms with Crippen LogP contribution in [-0.4, -0.2) is 12.2 Å². The summed E-state index contributed by atoms with van der Waals surface area (Å²) < 4.78 is 6.09. The maximum atomic E-state index is 6.09. The van der Waals surface area contributed by atoms with Crippen molar-refractivity contribution in [3.63, 3.8) is 0 Å². The Kier molecular flexibility index (Phi) is 3.03. The number of benzene rings is 1. The van der Waals surface area contributed by atoms with E-state index in [1.165, 1.54) is 24.0 Å². The number of hydrogen-bond donors (Lipinski definition) is 0. The second kappa shape index (κ2) is 4.55. The van der Waals surface area contributed by atoms with Gasteiger partial charge in [-0.05, 0) is 42.7 Å². The van der Waals surface area contributed by atoms with Gasteiger partial charge < -0.3 is 4.74 Å². The van der Waals surface area contributed by atoms with Gasteiger partial charge in [-0.2, -0.15) is 0 Å². The monoisotopic (exact) mass is 242 g/mol. The van der Waals surface area contributed by atoms with Gasteiger partial charge in [0.15, 0.2) is 0 Å². The van der Waals surface area contributed by atoms with Crippen LogP contribution in [-0.2, 0) is 4.74 Å². The van der Waals surface area contributed by atoms with Crippen LogP contribution in [0.1, 0.15) is 44.1 Å². The Morgan fingerprint density at radius 1 is 1.17 bits per heavy atom. The minimum absolute atomic E-state index is 0.0185. The van der Waals surface area contributed by atoms with Crippen LogP contribution in [0.25, 0.3) is 0 Å². The van der Waals surface area contributed by atoms with E-state index in [4.69, 9.17) is 4.74 Å². The normalized spacial score (nSPS) is 36.2. The highest BCUT2D eigenvalue weighted by Gasteiger charge is 2.44. The van der Waals surface area contributed by atoms with Gasteiger partial charge in [-0.15, -0.1) is 0 Å². The van der Waals surface area contributed by atoms with Crippen LogP contribution in [0.3, 0.4) is 0 Å². The van der Waals surface area contributed by atoms with E-state index in [9.17, 15) is 0 Å². The van der Waals surface area contributed by atoms with E-state index >= 15 is 0 Å². The molecule has 1 atom stereocenters. The van der Waals surface area contributed by atoms with Gasteiger partial charge in [-0.25, -0.2) is 0 Å². The predicted octanol–water partition coefficient (Wildman–Crippen LogP) is 4.31. The van der Waals surface area contributed by atoms with Crippen LogP contribution < -0.4 is 0 Å². The minimum atomic E-state index is 0.0185. The van der Waals surface area contributed by atoms with Crippen molar-refractivity contribution in [1.29, 1.82) is 0 Å². The van der Waals surface area contributed by atoms with E-state index in [1.54, 1.807) is 0 Å². The summed E-state index contributed by atoms with van der Waals surface area (Å²) in [7, 11) is 0. The fourth-order valence-corrected chi connectivity index (χ4v) is 3.53. The molecule has 1 nitrogen and oxygen atoms in total. The van der Waals surface area contributed by atoms with E-state index in [0.29, 0.717) is 11.8 Å². The van der Waals surface area contributed by atoms with Crippen molar-refractivity contribution in [1.82, 2.24) is 0 Å². The molecule has 1 aromatic carbocycles. The molecule has 1 aliphatic carbocycles. The van der Waals surface area contributed by atoms with E-state index in [2.05, 4.69) is 43.8 Å². The Morgan fingerprint density at radius 3 is 2.39 bits per heavy atom. The lowest BCUT2D eigenvalue weighted by Gasteiger charge is -2.37. The summed E-state index contributed by atoms with van der Waals surface area (Å²) in [6, 6.07) is 10.9. The summed E-state index contributed by atoms with van der Waals surface area (Å²) in [5, 5.41) is 0. The molecule has 1 heteroatoms. The number of rotatable bonds is 1. The number of hydrogen-bond acceptors (Lipinski definition) is 1. The smallest absolute Gasteiger partial charge is 0.0893 e. The Balaban J connectivity index is 1.70. The fraction of sp³-hybridized carbons (Fsp3) is 0.529. The van der Waals surface area contributed by atoms with Gasteiger partial charge >= 0.3 is 0 Å². The molecular weight excluding hydrogens is 220 g/mol. The summed E-state index contributed by atoms with van der Waals surface area (Å²) in [6.07, 6.45) is 4.76. The third-order valence-electron chi connectivity index (χ3n) is 4.85. The highest BCUT2D eigenvalue weighted by molar-refractivity contribution is 5.25. The lowest BCUT2D eigenvalue weighted by Crippen LogP contribution is -2.34. The Morgan fingerprint density at radius 2 is 1.83 bits per heavy atom. The van der Waals surface area contributed by atoms with Gasteiger partial charge in [0.25, 0.3) is 0 Å². The molecule has 1 heterocycles. The van der Waals surface area contributed by atoms with Gasteiger partial charge in [0, 0.05) is 5.92 Å². The topological polar surface area (TPSA) is 9.23 Å². The maximum Gasteiger partial charge on any atom is 0.0893 e. The Hall–Kier alpha value is -1.08. The van der Waals surface area contributed by atoms with Crippen LogP contribution in [0.2, 0.25) is 0 Å². The molecule has 1 unspecified atom stereocenters. The zero-order valence-corrected chi connectivity index (χ0v) is 11.2. The minimum Gasteiger partial charge on any atom is -0.370 e. The molecule has 0 N–H and O–H groups in total. The molecule has 1 saturated heterocycles. The first-order valence-corrected chi connectivity index (χ1v) is 7.09. The third-order valence-corrected chi connectivity index (χ3v) is 4.85. The summed E-state index contributed by atoms with van der Waals surface area (Å²) in [5.74, 6) is 1.25. The van der Waals surface area contributed by atoms with E-state index in [0.717, 1.165) is 19.4 Å². The predicted molar refractivity (Wildman–Crippen MR) is 74.6 cm³/mol. The van der Waals surface area contributed by atoms with Crippen molar-refractivity contribution in [2.24, 2.45) is 5.92 Å². The van der Waals surface area contributed by atoms with Gasteiger partial charge in [-0.1, -0.05) is 43.8 Å². The fourth-order valence-electron chi connectivity index (χ4n) is 3.53. The first-order valence-electron chi connectivity index (χ1n) is 7.09. The van der Waals surface area contributed by atoms with E-state index in [1.807, 2.05) is 0 Å². The first-order chi connectivity index (χ1) is 8.71. The molecule has 2 fully saturated rings. The molecule has 0 amide bonds. The maximum absolute atomic E-state index is 6.09. The highest BCUT2D eigenvalue weighted by atomic mass is 16.5. The second-order valence-corrected chi connectivity index (χ2v) is 5.92. The van der Waals surface area contributed by atoms with Crippen molar-refractivity contribution in [3.05, 3.63) is 48.0 Å². The third kappa shape index (κ3) is 1.91. The van der Waals surface area contributed by atoms with Crippen LogP contribution in [0.5, 0.6) is 0 Å². The van der Waals surface area contributed by atoms with Crippen molar-refractivity contribution in [2.45, 2.75) is 44.1 Å². The summed E-state index contributed by atoms with van der Waals surface area (Å²) in [6.45, 7) is 7.39. The molecule has 0 radical (unpaired) electrons. The largest absolute Gasteiger partial charge is 0.370 e. The molecule has 1 aliphatic heterocycles. The quantitative estimate of drug-likeness (QED) is 0.667. The highest BCUT2D eigenvalue weighted by Crippen LogP contribution is 2.48. The molecular formula is C17H22O. The van der Waals surface area contributed by atoms with E-state index in [-0.39, 0.29) is 5.60 Å². The van der Waals surface area contributed by atoms with Gasteiger partial charge in [0.1, 0.15) is 0 Å². The van der Waals surface area contributed by atoms with Gasteiger partial charge in [0.2, 0.25) is 0 Å². The molecule has 96 valence electrons. The standard InChI is InChI=1S/C17H22O/c1-13-12-18-17(14(13)2)10-8-16(9-11-17)15-6-4-3-5-7-15/h3-7,13,16H,2,8-12H2,1H3. The van der Waals surface area contributed by atoms with Crippen LogP contribution in [0.15, 0.2) is 42.5 Å². The molecule has 3 rings (SSSR count). The molecule has 1 spiro atoms. The molecule has 2 aliphatic rings. The zero-order valence-electron chi connectivity index (χ0n) is 11.2. The van der Waals surface area contributed by atoms with Crippen molar-refractivity contribution in [3.8, 4) is 0 Å².